The van der Waals surface area contributed by atoms with E-state index in [1.54, 1.807) is 0 Å². The van der Waals surface area contributed by atoms with Crippen LogP contribution in [0.25, 0.3) is 5.70 Å². The van der Waals surface area contributed by atoms with E-state index in [4.69, 9.17) is 10.5 Å². The summed E-state index contributed by atoms with van der Waals surface area (Å²) in [6.07, 6.45) is 2.02. The Kier molecular flexibility index (Phi) is 6.26. The molecule has 4 rings (SSSR count). The number of carbonyl (C=O) groups is 1. The molecule has 0 saturated carbocycles. The van der Waals surface area contributed by atoms with E-state index in [9.17, 15) is 4.79 Å². The summed E-state index contributed by atoms with van der Waals surface area (Å²) in [7, 11) is 0. The van der Waals surface area contributed by atoms with Crippen molar-refractivity contribution in [1.29, 1.82) is 0 Å². The van der Waals surface area contributed by atoms with Gasteiger partial charge in [0.2, 0.25) is 11.9 Å². The second-order valence-corrected chi connectivity index (χ2v) is 7.20. The molecule has 2 aliphatic heterocycles. The lowest BCUT2D eigenvalue weighted by atomic mass is 10.1. The Bertz CT molecular complexity index is 948. The lowest BCUT2D eigenvalue weighted by Crippen LogP contribution is -2.41. The summed E-state index contributed by atoms with van der Waals surface area (Å²) in [5.74, 6) is 0.654. The Morgan fingerprint density at radius 1 is 1.13 bits per heavy atom. The molecule has 0 atom stereocenters. The van der Waals surface area contributed by atoms with Crippen molar-refractivity contribution >= 4 is 34.6 Å². The van der Waals surface area contributed by atoms with E-state index >= 15 is 0 Å². The predicted molar refractivity (Wildman–Crippen MR) is 120 cm³/mol. The molecule has 2 aliphatic rings. The second kappa shape index (κ2) is 9.43. The van der Waals surface area contributed by atoms with Gasteiger partial charge in [-0.1, -0.05) is 18.2 Å². The van der Waals surface area contributed by atoms with Crippen LogP contribution in [0.15, 0.2) is 59.6 Å². The van der Waals surface area contributed by atoms with Crippen molar-refractivity contribution in [2.75, 3.05) is 55.8 Å². The fraction of sp³-hybridized carbons (Fsp3) is 0.273. The van der Waals surface area contributed by atoms with Crippen LogP contribution in [0.4, 0.5) is 17.1 Å². The molecule has 0 aromatic heterocycles. The van der Waals surface area contributed by atoms with Crippen molar-refractivity contribution < 1.29 is 9.53 Å². The highest BCUT2D eigenvalue weighted by atomic mass is 16.5. The molecule has 0 aliphatic carbocycles. The van der Waals surface area contributed by atoms with Gasteiger partial charge in [0.15, 0.2) is 0 Å². The third-order valence-corrected chi connectivity index (χ3v) is 4.90. The highest BCUT2D eigenvalue weighted by Gasteiger charge is 2.14. The number of hydrogen-bond donors (Lipinski definition) is 4. The highest BCUT2D eigenvalue weighted by Crippen LogP contribution is 2.18. The molecule has 1 amide bonds. The lowest BCUT2D eigenvalue weighted by molar-refractivity contribution is -0.118. The zero-order valence-electron chi connectivity index (χ0n) is 16.7. The van der Waals surface area contributed by atoms with Crippen molar-refractivity contribution in [2.24, 2.45) is 4.99 Å². The van der Waals surface area contributed by atoms with Crippen molar-refractivity contribution in [2.45, 2.75) is 0 Å². The molecule has 2 aromatic carbocycles. The fourth-order valence-corrected chi connectivity index (χ4v) is 3.36. The summed E-state index contributed by atoms with van der Waals surface area (Å²) < 4.78 is 5.31. The van der Waals surface area contributed by atoms with Crippen LogP contribution in [0, 0.1) is 0 Å². The van der Waals surface area contributed by atoms with Gasteiger partial charge in [-0.2, -0.15) is 0 Å². The summed E-state index contributed by atoms with van der Waals surface area (Å²) in [6, 6.07) is 15.3. The van der Waals surface area contributed by atoms with Gasteiger partial charge in [0, 0.05) is 35.8 Å². The minimum atomic E-state index is -0.0135. The Morgan fingerprint density at radius 3 is 2.70 bits per heavy atom. The number of nitrogens with zero attached hydrogens (tertiary/aromatic N) is 2. The Morgan fingerprint density at radius 2 is 1.93 bits per heavy atom. The van der Waals surface area contributed by atoms with Crippen LogP contribution in [0.5, 0.6) is 0 Å². The molecular weight excluding hydrogens is 380 g/mol. The normalized spacial score (nSPS) is 16.8. The molecule has 156 valence electrons. The first kappa shape index (κ1) is 19.9. The number of nitrogens with one attached hydrogen (secondary N) is 3. The number of rotatable bonds is 5. The van der Waals surface area contributed by atoms with E-state index < -0.39 is 0 Å². The smallest absolute Gasteiger partial charge is 0.238 e. The zero-order chi connectivity index (χ0) is 20.8. The number of carbonyl (C=O) groups excluding carboxylic acids is 1. The summed E-state index contributed by atoms with van der Waals surface area (Å²) in [6.45, 7) is 3.90. The van der Waals surface area contributed by atoms with Crippen LogP contribution in [0.1, 0.15) is 5.56 Å². The van der Waals surface area contributed by atoms with Gasteiger partial charge in [0.05, 0.1) is 26.3 Å². The Labute approximate surface area is 175 Å². The van der Waals surface area contributed by atoms with Crippen LogP contribution < -0.4 is 21.7 Å². The standard InChI is InChI=1S/C22H26N6O2/c23-17-2-1-3-19(14-17)26-22-24-9-8-20(27-22)16-4-6-18(7-5-16)25-21(29)15-28-10-12-30-13-11-28/h1-8,14H,9-13,15,23H2,(H,25,29)(H2,24,26,27). The summed E-state index contributed by atoms with van der Waals surface area (Å²) in [5.41, 5.74) is 10.2. The molecule has 0 radical (unpaired) electrons. The molecule has 1 saturated heterocycles. The van der Waals surface area contributed by atoms with Crippen molar-refractivity contribution in [3.8, 4) is 0 Å². The molecule has 8 nitrogen and oxygen atoms in total. The fourth-order valence-electron chi connectivity index (χ4n) is 3.36. The minimum Gasteiger partial charge on any atom is -0.399 e. The molecule has 0 bridgehead atoms. The summed E-state index contributed by atoms with van der Waals surface area (Å²) in [4.78, 5) is 18.8. The van der Waals surface area contributed by atoms with Gasteiger partial charge < -0.3 is 26.4 Å². The number of amides is 1. The molecule has 5 N–H and O–H groups in total. The van der Waals surface area contributed by atoms with E-state index in [-0.39, 0.29) is 5.91 Å². The number of ether oxygens (including phenoxy) is 1. The third-order valence-electron chi connectivity index (χ3n) is 4.90. The minimum absolute atomic E-state index is 0.0135. The molecule has 0 unspecified atom stereocenters. The molecular formula is C22H26N6O2. The van der Waals surface area contributed by atoms with Crippen LogP contribution in [-0.2, 0) is 9.53 Å². The monoisotopic (exact) mass is 406 g/mol. The molecule has 2 heterocycles. The maximum atomic E-state index is 12.3. The topological polar surface area (TPSA) is 104 Å². The average molecular weight is 406 g/mol. The van der Waals surface area contributed by atoms with E-state index in [1.807, 2.05) is 54.6 Å². The van der Waals surface area contributed by atoms with Gasteiger partial charge in [0.25, 0.3) is 0 Å². The van der Waals surface area contributed by atoms with Crippen molar-refractivity contribution in [3.63, 3.8) is 0 Å². The Balaban J connectivity index is 1.32. The van der Waals surface area contributed by atoms with Gasteiger partial charge >= 0.3 is 0 Å². The van der Waals surface area contributed by atoms with Crippen LogP contribution >= 0.6 is 0 Å². The maximum Gasteiger partial charge on any atom is 0.238 e. The molecule has 2 aromatic rings. The SMILES string of the molecule is Nc1cccc(NC2=NCC=C(c3ccc(NC(=O)CN4CCOCC4)cc3)N2)c1. The van der Waals surface area contributed by atoms with Crippen molar-refractivity contribution in [1.82, 2.24) is 10.2 Å². The molecule has 1 fully saturated rings. The van der Waals surface area contributed by atoms with Crippen molar-refractivity contribution in [3.05, 3.63) is 60.2 Å². The van der Waals surface area contributed by atoms with Crippen LogP contribution in [0.2, 0.25) is 0 Å². The Hall–Kier alpha value is -3.36. The number of guanidine groups is 1. The number of nitrogen functional groups attached to an aromatic ring is 1. The first-order valence-electron chi connectivity index (χ1n) is 10.0. The number of hydrogen-bond acceptors (Lipinski definition) is 7. The first-order chi connectivity index (χ1) is 14.7. The predicted octanol–water partition coefficient (Wildman–Crippen LogP) is 1.95. The van der Waals surface area contributed by atoms with Gasteiger partial charge in [-0.05, 0) is 42.0 Å². The molecule has 0 spiro atoms. The van der Waals surface area contributed by atoms with E-state index in [0.717, 1.165) is 35.7 Å². The lowest BCUT2D eigenvalue weighted by Gasteiger charge is -2.25. The van der Waals surface area contributed by atoms with Gasteiger partial charge in [0.1, 0.15) is 0 Å². The largest absolute Gasteiger partial charge is 0.399 e. The van der Waals surface area contributed by atoms with Crippen LogP contribution in [0.3, 0.4) is 0 Å². The maximum absolute atomic E-state index is 12.3. The number of aliphatic imine (C=N–C) groups is 1. The van der Waals surface area contributed by atoms with Gasteiger partial charge in [-0.25, -0.2) is 4.99 Å². The van der Waals surface area contributed by atoms with Gasteiger partial charge in [-0.3, -0.25) is 9.69 Å². The van der Waals surface area contributed by atoms with E-state index in [0.29, 0.717) is 38.0 Å². The molecule has 8 heteroatoms. The number of anilines is 3. The first-order valence-corrected chi connectivity index (χ1v) is 10.0. The molecule has 30 heavy (non-hydrogen) atoms. The number of morpholine rings is 1. The number of benzene rings is 2. The highest BCUT2D eigenvalue weighted by molar-refractivity contribution is 6.00. The summed E-state index contributed by atoms with van der Waals surface area (Å²) >= 11 is 0. The van der Waals surface area contributed by atoms with E-state index in [1.165, 1.54) is 0 Å². The van der Waals surface area contributed by atoms with Crippen LogP contribution in [-0.4, -0.2) is 56.2 Å². The number of nitrogens with two attached hydrogens (primary N) is 1. The second-order valence-electron chi connectivity index (χ2n) is 7.20. The quantitative estimate of drug-likeness (QED) is 0.566. The third kappa shape index (κ3) is 5.37. The average Bonchev–Trinajstić information content (AvgIpc) is 2.75. The van der Waals surface area contributed by atoms with E-state index in [2.05, 4.69) is 25.8 Å². The summed E-state index contributed by atoms with van der Waals surface area (Å²) in [5, 5.41) is 9.51. The van der Waals surface area contributed by atoms with Gasteiger partial charge in [-0.15, -0.1) is 0 Å². The zero-order valence-corrected chi connectivity index (χ0v) is 16.7.